The molecule has 0 fully saturated rings. The number of nitrogens with zero attached hydrogens (tertiary/aromatic N) is 6. The molecule has 2 heterocycles. The van der Waals surface area contributed by atoms with Gasteiger partial charge in [0.25, 0.3) is 11.1 Å². The van der Waals surface area contributed by atoms with Gasteiger partial charge in [-0.15, -0.1) is 20.4 Å². The Morgan fingerprint density at radius 3 is 1.78 bits per heavy atom. The molecule has 2 aromatic rings. The summed E-state index contributed by atoms with van der Waals surface area (Å²) in [4.78, 5) is 30.3. The molecule has 0 aliphatic rings. The van der Waals surface area contributed by atoms with Gasteiger partial charge in [0.15, 0.2) is 4.60 Å². The molecule has 0 aliphatic carbocycles. The smallest absolute Gasteiger partial charge is 0.296 e. The number of hydrogen-bond donors (Lipinski definition) is 4. The molecule has 0 radical (unpaired) electrons. The van der Waals surface area contributed by atoms with E-state index in [1.54, 1.807) is 38.0 Å². The van der Waals surface area contributed by atoms with Crippen LogP contribution in [0.4, 0.5) is 17.7 Å². The van der Waals surface area contributed by atoms with Crippen molar-refractivity contribution in [3.63, 3.8) is 0 Å². The van der Waals surface area contributed by atoms with Crippen LogP contribution in [0.1, 0.15) is 0 Å². The molecule has 0 spiro atoms. The molecule has 23 heavy (non-hydrogen) atoms. The number of anilines is 3. The van der Waals surface area contributed by atoms with Crippen molar-refractivity contribution < 1.29 is 0 Å². The van der Waals surface area contributed by atoms with Crippen LogP contribution >= 0.6 is 15.9 Å². The van der Waals surface area contributed by atoms with Crippen LogP contribution in [-0.2, 0) is 0 Å². The van der Waals surface area contributed by atoms with Gasteiger partial charge in [0.05, 0.1) is 0 Å². The monoisotopic (exact) mass is 388 g/mol. The molecule has 0 atom stereocenters. The van der Waals surface area contributed by atoms with Crippen molar-refractivity contribution in [3.05, 3.63) is 25.3 Å². The molecule has 2 aromatic heterocycles. The van der Waals surface area contributed by atoms with Crippen LogP contribution in [0.3, 0.4) is 0 Å². The molecule has 5 N–H and O–H groups in total. The first-order chi connectivity index (χ1) is 10.8. The summed E-state index contributed by atoms with van der Waals surface area (Å²) in [6, 6.07) is 0. The van der Waals surface area contributed by atoms with Gasteiger partial charge in [-0.25, -0.2) is 5.84 Å². The van der Waals surface area contributed by atoms with Gasteiger partial charge in [0.2, 0.25) is 17.7 Å². The van der Waals surface area contributed by atoms with E-state index in [1.807, 2.05) is 0 Å². The minimum Gasteiger partial charge on any atom is -0.347 e. The second kappa shape index (κ2) is 8.19. The number of hydrogen-bond acceptors (Lipinski definition) is 10. The lowest BCUT2D eigenvalue weighted by Crippen LogP contribution is -2.25. The second-order valence-corrected chi connectivity index (χ2v) is 5.28. The van der Waals surface area contributed by atoms with E-state index in [9.17, 15) is 9.59 Å². The Morgan fingerprint density at radius 1 is 0.913 bits per heavy atom. The number of halogens is 1. The summed E-state index contributed by atoms with van der Waals surface area (Å²) in [5.41, 5.74) is 1.46. The van der Waals surface area contributed by atoms with Gasteiger partial charge in [-0.2, -0.15) is 0 Å². The molecule has 0 amide bonds. The third kappa shape index (κ3) is 5.30. The average molecular weight is 389 g/mol. The quantitative estimate of drug-likeness (QED) is 0.359. The lowest BCUT2D eigenvalue weighted by atomic mass is 10.7. The number of nitrogens with two attached hydrogens (primary N) is 1. The zero-order valence-electron chi connectivity index (χ0n) is 13.0. The van der Waals surface area contributed by atoms with E-state index in [4.69, 9.17) is 5.84 Å². The predicted molar refractivity (Wildman–Crippen MR) is 89.5 cm³/mol. The van der Waals surface area contributed by atoms with Crippen LogP contribution < -0.4 is 32.2 Å². The molecule has 12 nitrogen and oxygen atoms in total. The number of nitrogens with one attached hydrogen (secondary N) is 3. The largest absolute Gasteiger partial charge is 0.347 e. The fourth-order valence-corrected chi connectivity index (χ4v) is 1.32. The van der Waals surface area contributed by atoms with E-state index in [0.29, 0.717) is 11.9 Å². The van der Waals surface area contributed by atoms with Gasteiger partial charge in [0.1, 0.15) is 0 Å². The number of hydrazine groups is 1. The van der Waals surface area contributed by atoms with Gasteiger partial charge in [-0.3, -0.25) is 19.6 Å². The van der Waals surface area contributed by atoms with Gasteiger partial charge in [-0.1, -0.05) is 0 Å². The standard InChI is InChI=1S/C5H7BrN4O.C5H10N6O/c1-10(2)5-7-4(11)3(6)8-9-5;1-11(2)5-7-4(12)3(8-6)9-10-5/h1-2H3,(H,7,9,11);6H2,1-2H3,(H,8,9)(H,7,10,12). The van der Waals surface area contributed by atoms with Crippen molar-refractivity contribution in [3.8, 4) is 0 Å². The first-order valence-corrected chi connectivity index (χ1v) is 6.96. The van der Waals surface area contributed by atoms with Gasteiger partial charge in [0, 0.05) is 28.2 Å². The summed E-state index contributed by atoms with van der Waals surface area (Å²) in [6.45, 7) is 0. The van der Waals surface area contributed by atoms with Crippen LogP contribution in [0, 0.1) is 0 Å². The molecule has 0 saturated carbocycles. The lowest BCUT2D eigenvalue weighted by molar-refractivity contribution is 0.872. The molecule has 2 rings (SSSR count). The Labute approximate surface area is 139 Å². The zero-order valence-corrected chi connectivity index (χ0v) is 14.5. The molecule has 0 aliphatic heterocycles. The number of H-pyrrole nitrogens is 2. The highest BCUT2D eigenvalue weighted by atomic mass is 79.9. The Kier molecular flexibility index (Phi) is 6.59. The normalized spacial score (nSPS) is 9.65. The molecule has 0 unspecified atom stereocenters. The predicted octanol–water partition coefficient (Wildman–Crippen LogP) is -1.49. The molecule has 0 aromatic carbocycles. The summed E-state index contributed by atoms with van der Waals surface area (Å²) < 4.78 is 0.197. The average Bonchev–Trinajstić information content (AvgIpc) is 2.50. The summed E-state index contributed by atoms with van der Waals surface area (Å²) in [5.74, 6) is 5.82. The van der Waals surface area contributed by atoms with E-state index >= 15 is 0 Å². The lowest BCUT2D eigenvalue weighted by Gasteiger charge is -2.08. The fourth-order valence-electron chi connectivity index (χ4n) is 1.14. The van der Waals surface area contributed by atoms with E-state index in [0.717, 1.165) is 0 Å². The van der Waals surface area contributed by atoms with Crippen LogP contribution in [0.5, 0.6) is 0 Å². The van der Waals surface area contributed by atoms with Crippen molar-refractivity contribution >= 4 is 33.6 Å². The Morgan fingerprint density at radius 2 is 1.39 bits per heavy atom. The highest BCUT2D eigenvalue weighted by molar-refractivity contribution is 9.10. The van der Waals surface area contributed by atoms with Crippen molar-refractivity contribution in [2.24, 2.45) is 5.84 Å². The summed E-state index contributed by atoms with van der Waals surface area (Å²) in [5, 5.41) is 14.5. The minimum atomic E-state index is -0.392. The van der Waals surface area contributed by atoms with E-state index < -0.39 is 5.56 Å². The van der Waals surface area contributed by atoms with Gasteiger partial charge >= 0.3 is 0 Å². The van der Waals surface area contributed by atoms with E-state index in [-0.39, 0.29) is 16.0 Å². The molecular weight excluding hydrogens is 372 g/mol. The maximum absolute atomic E-state index is 11.0. The molecular formula is C10H17BrN10O2. The van der Waals surface area contributed by atoms with Crippen LogP contribution in [0.25, 0.3) is 0 Å². The molecule has 126 valence electrons. The van der Waals surface area contributed by atoms with Gasteiger partial charge in [-0.05, 0) is 15.9 Å². The Balaban J connectivity index is 0.000000231. The van der Waals surface area contributed by atoms with Crippen molar-refractivity contribution in [2.45, 2.75) is 0 Å². The first kappa shape index (κ1) is 18.5. The highest BCUT2D eigenvalue weighted by Crippen LogP contribution is 1.99. The number of rotatable bonds is 3. The Bertz CT molecular complexity index is 756. The SMILES string of the molecule is CN(C)c1nnc(Br)c(=O)[nH]1.CN(C)c1nnc(NN)c(=O)[nH]1. The molecule has 13 heteroatoms. The zero-order chi connectivity index (χ0) is 17.6. The summed E-state index contributed by atoms with van der Waals surface area (Å²) in [6.07, 6.45) is 0. The van der Waals surface area contributed by atoms with Crippen LogP contribution in [0.2, 0.25) is 0 Å². The molecule has 0 bridgehead atoms. The van der Waals surface area contributed by atoms with Crippen LogP contribution in [-0.4, -0.2) is 58.6 Å². The number of nitrogen functional groups attached to an aromatic ring is 1. The summed E-state index contributed by atoms with van der Waals surface area (Å²) >= 11 is 2.94. The van der Waals surface area contributed by atoms with Crippen molar-refractivity contribution in [1.29, 1.82) is 0 Å². The highest BCUT2D eigenvalue weighted by Gasteiger charge is 2.03. The summed E-state index contributed by atoms with van der Waals surface area (Å²) in [7, 11) is 7.03. The number of aromatic nitrogens is 6. The molecule has 0 saturated heterocycles. The topological polar surface area (TPSA) is 162 Å². The van der Waals surface area contributed by atoms with Gasteiger partial charge < -0.3 is 15.2 Å². The first-order valence-electron chi connectivity index (χ1n) is 6.17. The number of aromatic amines is 2. The minimum absolute atomic E-state index is 0.000556. The maximum Gasteiger partial charge on any atom is 0.296 e. The third-order valence-corrected chi connectivity index (χ3v) is 2.83. The van der Waals surface area contributed by atoms with E-state index in [1.165, 1.54) is 0 Å². The van der Waals surface area contributed by atoms with Crippen molar-refractivity contribution in [2.75, 3.05) is 43.4 Å². The van der Waals surface area contributed by atoms with Crippen LogP contribution in [0.15, 0.2) is 14.2 Å². The second-order valence-electron chi connectivity index (χ2n) is 4.53. The van der Waals surface area contributed by atoms with Crippen molar-refractivity contribution in [1.82, 2.24) is 30.4 Å². The third-order valence-electron chi connectivity index (χ3n) is 2.31. The fraction of sp³-hybridized carbons (Fsp3) is 0.400. The Hall–Kier alpha value is -2.54. The maximum atomic E-state index is 11.0. The van der Waals surface area contributed by atoms with E-state index in [2.05, 4.69) is 51.7 Å².